The van der Waals surface area contributed by atoms with Gasteiger partial charge in [-0.05, 0) is 19.1 Å². The summed E-state index contributed by atoms with van der Waals surface area (Å²) >= 11 is 0.693. The fourth-order valence-electron chi connectivity index (χ4n) is 2.29. The average molecular weight is 413 g/mol. The van der Waals surface area contributed by atoms with E-state index >= 15 is 0 Å². The fraction of sp³-hybridized carbons (Fsp3) is 0.167. The Balaban J connectivity index is 1.79. The molecule has 1 aromatic heterocycles. The predicted octanol–water partition coefficient (Wildman–Crippen LogP) is 5.26. The molecule has 0 saturated heterocycles. The minimum atomic E-state index is -4.53. The standard InChI is InChI=1S/C18H12F5N3OS/c1-10-5-7-12(8-6-10)17(19,20)15(27)24-16-26-25-14(28-16)11-3-2-4-13(9-11)18(21,22)23/h2-9H,1H3,(H,24,26,27). The SMILES string of the molecule is Cc1ccc(C(F)(F)C(=O)Nc2nnc(-c3cccc(C(F)(F)F)c3)s2)cc1. The van der Waals surface area contributed by atoms with Crippen molar-refractivity contribution < 1.29 is 26.7 Å². The molecule has 0 bridgehead atoms. The molecular weight excluding hydrogens is 401 g/mol. The van der Waals surface area contributed by atoms with Crippen LogP contribution in [0.4, 0.5) is 27.1 Å². The molecule has 28 heavy (non-hydrogen) atoms. The van der Waals surface area contributed by atoms with Gasteiger partial charge in [0.1, 0.15) is 5.01 Å². The molecule has 4 nitrogen and oxygen atoms in total. The van der Waals surface area contributed by atoms with Crippen LogP contribution in [0.25, 0.3) is 10.6 Å². The van der Waals surface area contributed by atoms with Crippen LogP contribution in [-0.2, 0) is 16.9 Å². The Bertz CT molecular complexity index is 999. The second-order valence-electron chi connectivity index (χ2n) is 5.89. The molecule has 146 valence electrons. The van der Waals surface area contributed by atoms with Gasteiger partial charge in [0.2, 0.25) is 5.13 Å². The lowest BCUT2D eigenvalue weighted by Crippen LogP contribution is -2.32. The van der Waals surface area contributed by atoms with E-state index in [1.807, 2.05) is 5.32 Å². The van der Waals surface area contributed by atoms with Gasteiger partial charge in [-0.25, -0.2) is 0 Å². The smallest absolute Gasteiger partial charge is 0.295 e. The number of nitrogens with one attached hydrogen (secondary N) is 1. The lowest BCUT2D eigenvalue weighted by atomic mass is 10.1. The highest BCUT2D eigenvalue weighted by Gasteiger charge is 2.41. The van der Waals surface area contributed by atoms with Gasteiger partial charge in [0.15, 0.2) is 0 Å². The summed E-state index contributed by atoms with van der Waals surface area (Å²) in [6.45, 7) is 1.72. The van der Waals surface area contributed by atoms with Crippen LogP contribution >= 0.6 is 11.3 Å². The Morgan fingerprint density at radius 2 is 1.64 bits per heavy atom. The second-order valence-corrected chi connectivity index (χ2v) is 6.86. The summed E-state index contributed by atoms with van der Waals surface area (Å²) in [4.78, 5) is 12.0. The zero-order valence-corrected chi connectivity index (χ0v) is 15.0. The van der Waals surface area contributed by atoms with Gasteiger partial charge in [-0.2, -0.15) is 22.0 Å². The molecule has 0 aliphatic carbocycles. The van der Waals surface area contributed by atoms with Crippen LogP contribution in [0.2, 0.25) is 0 Å². The van der Waals surface area contributed by atoms with E-state index in [1.54, 1.807) is 6.92 Å². The number of carbonyl (C=O) groups excluding carboxylic acids is 1. The van der Waals surface area contributed by atoms with Crippen LogP contribution in [0.5, 0.6) is 0 Å². The number of alkyl halides is 5. The molecule has 0 spiro atoms. The molecule has 0 saturated carbocycles. The van der Waals surface area contributed by atoms with Crippen molar-refractivity contribution >= 4 is 22.4 Å². The number of hydrogen-bond acceptors (Lipinski definition) is 4. The molecule has 0 unspecified atom stereocenters. The molecule has 0 atom stereocenters. The summed E-state index contributed by atoms with van der Waals surface area (Å²) in [5.41, 5.74) is -0.497. The Morgan fingerprint density at radius 1 is 0.964 bits per heavy atom. The average Bonchev–Trinajstić information content (AvgIpc) is 3.10. The number of anilines is 1. The molecule has 0 fully saturated rings. The number of carbonyl (C=O) groups is 1. The summed E-state index contributed by atoms with van der Waals surface area (Å²) in [7, 11) is 0. The highest BCUT2D eigenvalue weighted by molar-refractivity contribution is 7.18. The van der Waals surface area contributed by atoms with E-state index in [4.69, 9.17) is 0 Å². The van der Waals surface area contributed by atoms with Crippen molar-refractivity contribution in [3.05, 3.63) is 65.2 Å². The monoisotopic (exact) mass is 413 g/mol. The van der Waals surface area contributed by atoms with E-state index in [0.29, 0.717) is 11.3 Å². The van der Waals surface area contributed by atoms with Gasteiger partial charge in [0, 0.05) is 11.1 Å². The Morgan fingerprint density at radius 3 is 2.29 bits per heavy atom. The first-order chi connectivity index (χ1) is 13.1. The van der Waals surface area contributed by atoms with Crippen molar-refractivity contribution in [2.75, 3.05) is 5.32 Å². The van der Waals surface area contributed by atoms with E-state index in [1.165, 1.54) is 24.3 Å². The highest BCUT2D eigenvalue weighted by Crippen LogP contribution is 2.35. The zero-order valence-electron chi connectivity index (χ0n) is 14.2. The quantitative estimate of drug-likeness (QED) is 0.594. The third kappa shape index (κ3) is 4.16. The Kier molecular flexibility index (Phi) is 5.16. The zero-order chi connectivity index (χ0) is 20.5. The van der Waals surface area contributed by atoms with Crippen molar-refractivity contribution in [1.29, 1.82) is 0 Å². The van der Waals surface area contributed by atoms with E-state index < -0.39 is 29.1 Å². The molecule has 3 rings (SSSR count). The third-order valence-electron chi connectivity index (χ3n) is 3.78. The maximum Gasteiger partial charge on any atom is 0.416 e. The minimum absolute atomic E-state index is 0.0556. The number of hydrogen-bond donors (Lipinski definition) is 1. The predicted molar refractivity (Wildman–Crippen MR) is 94.0 cm³/mol. The molecule has 1 amide bonds. The second kappa shape index (κ2) is 7.27. The van der Waals surface area contributed by atoms with Crippen molar-refractivity contribution in [2.45, 2.75) is 19.0 Å². The molecule has 10 heteroatoms. The minimum Gasteiger partial charge on any atom is -0.295 e. The summed E-state index contributed by atoms with van der Waals surface area (Å²) in [5.74, 6) is -5.42. The number of aromatic nitrogens is 2. The van der Waals surface area contributed by atoms with Gasteiger partial charge >= 0.3 is 18.0 Å². The van der Waals surface area contributed by atoms with E-state index in [9.17, 15) is 26.7 Å². The highest BCUT2D eigenvalue weighted by atomic mass is 32.1. The van der Waals surface area contributed by atoms with Gasteiger partial charge < -0.3 is 0 Å². The molecule has 1 N–H and O–H groups in total. The molecule has 2 aromatic carbocycles. The maximum absolute atomic E-state index is 14.3. The van der Waals surface area contributed by atoms with Crippen LogP contribution in [0.1, 0.15) is 16.7 Å². The van der Waals surface area contributed by atoms with Gasteiger partial charge in [-0.3, -0.25) is 10.1 Å². The molecule has 0 aliphatic heterocycles. The summed E-state index contributed by atoms with van der Waals surface area (Å²) in [6.07, 6.45) is -4.53. The summed E-state index contributed by atoms with van der Waals surface area (Å²) in [6, 6.07) is 9.53. The lowest BCUT2D eigenvalue weighted by Gasteiger charge is -2.15. The summed E-state index contributed by atoms with van der Waals surface area (Å²) < 4.78 is 67.0. The topological polar surface area (TPSA) is 54.9 Å². The fourth-order valence-corrected chi connectivity index (χ4v) is 3.02. The Hall–Kier alpha value is -2.88. The van der Waals surface area contributed by atoms with Crippen LogP contribution in [0.15, 0.2) is 48.5 Å². The van der Waals surface area contributed by atoms with E-state index in [-0.39, 0.29) is 15.7 Å². The number of halogens is 5. The molecule has 0 radical (unpaired) electrons. The molecule has 3 aromatic rings. The van der Waals surface area contributed by atoms with Crippen molar-refractivity contribution in [2.24, 2.45) is 0 Å². The van der Waals surface area contributed by atoms with Gasteiger partial charge in [-0.15, -0.1) is 10.2 Å². The maximum atomic E-state index is 14.3. The third-order valence-corrected chi connectivity index (χ3v) is 4.67. The Labute approximate surface area is 160 Å². The number of nitrogens with zero attached hydrogens (tertiary/aromatic N) is 2. The van der Waals surface area contributed by atoms with E-state index in [2.05, 4.69) is 10.2 Å². The lowest BCUT2D eigenvalue weighted by molar-refractivity contribution is -0.141. The first-order valence-electron chi connectivity index (χ1n) is 7.85. The number of rotatable bonds is 4. The normalized spacial score (nSPS) is 12.1. The number of benzene rings is 2. The van der Waals surface area contributed by atoms with Crippen LogP contribution in [-0.4, -0.2) is 16.1 Å². The van der Waals surface area contributed by atoms with Crippen LogP contribution < -0.4 is 5.32 Å². The van der Waals surface area contributed by atoms with E-state index in [0.717, 1.165) is 29.8 Å². The molecular formula is C18H12F5N3OS. The first-order valence-corrected chi connectivity index (χ1v) is 8.66. The van der Waals surface area contributed by atoms with Gasteiger partial charge in [0.05, 0.1) is 5.56 Å². The van der Waals surface area contributed by atoms with Crippen LogP contribution in [0.3, 0.4) is 0 Å². The van der Waals surface area contributed by atoms with Crippen molar-refractivity contribution in [3.8, 4) is 10.6 Å². The summed E-state index contributed by atoms with van der Waals surface area (Å²) in [5, 5.41) is 9.01. The van der Waals surface area contributed by atoms with Gasteiger partial charge in [0.25, 0.3) is 0 Å². The van der Waals surface area contributed by atoms with Crippen molar-refractivity contribution in [3.63, 3.8) is 0 Å². The molecule has 1 heterocycles. The van der Waals surface area contributed by atoms with Crippen molar-refractivity contribution in [1.82, 2.24) is 10.2 Å². The largest absolute Gasteiger partial charge is 0.416 e. The number of aryl methyl sites for hydroxylation is 1. The number of amides is 1. The molecule has 0 aliphatic rings. The van der Waals surface area contributed by atoms with Crippen LogP contribution in [0, 0.1) is 6.92 Å². The first kappa shape index (κ1) is 19.9. The van der Waals surface area contributed by atoms with Gasteiger partial charge in [-0.1, -0.05) is 53.3 Å².